The quantitative estimate of drug-likeness (QED) is 0.257. The van der Waals surface area contributed by atoms with Gasteiger partial charge >= 0.3 is 5.97 Å². The van der Waals surface area contributed by atoms with E-state index in [9.17, 15) is 18.7 Å². The molecule has 2 aromatic carbocycles. The Labute approximate surface area is 232 Å². The molecule has 1 aliphatic carbocycles. The zero-order chi connectivity index (χ0) is 27.5. The van der Waals surface area contributed by atoms with Crippen molar-refractivity contribution in [1.82, 2.24) is 10.1 Å². The first-order chi connectivity index (χ1) is 19.4. The van der Waals surface area contributed by atoms with Gasteiger partial charge in [0, 0.05) is 29.1 Å². The molecule has 4 aromatic rings. The highest BCUT2D eigenvalue weighted by molar-refractivity contribution is 7.22. The number of hydrogen-bond donors (Lipinski definition) is 1. The van der Waals surface area contributed by atoms with Crippen LogP contribution < -0.4 is 9.64 Å². The number of aromatic nitrogens is 2. The van der Waals surface area contributed by atoms with Gasteiger partial charge in [0.05, 0.1) is 30.1 Å². The van der Waals surface area contributed by atoms with Crippen molar-refractivity contribution < 1.29 is 32.7 Å². The molecule has 1 saturated carbocycles. The van der Waals surface area contributed by atoms with E-state index in [2.05, 4.69) is 10.1 Å². The molecule has 4 heterocycles. The summed E-state index contributed by atoms with van der Waals surface area (Å²) in [4.78, 5) is 18.8. The molecular weight excluding hydrogens is 540 g/mol. The maximum Gasteiger partial charge on any atom is 0.335 e. The van der Waals surface area contributed by atoms with E-state index in [0.717, 1.165) is 54.4 Å². The van der Waals surface area contributed by atoms with Gasteiger partial charge in [0.1, 0.15) is 22.7 Å². The summed E-state index contributed by atoms with van der Waals surface area (Å²) < 4.78 is 46.9. The van der Waals surface area contributed by atoms with Crippen LogP contribution in [0.5, 0.6) is 5.75 Å². The number of nitrogens with zero attached hydrogens (tertiary/aromatic N) is 3. The number of benzene rings is 2. The van der Waals surface area contributed by atoms with Crippen molar-refractivity contribution >= 4 is 32.7 Å². The lowest BCUT2D eigenvalue weighted by Gasteiger charge is -2.38. The molecule has 8 nitrogen and oxygen atoms in total. The van der Waals surface area contributed by atoms with Crippen LogP contribution in [0.3, 0.4) is 0 Å². The molecule has 2 aliphatic heterocycles. The number of piperidine rings is 1. The van der Waals surface area contributed by atoms with Gasteiger partial charge in [0.25, 0.3) is 0 Å². The minimum atomic E-state index is -1.01. The largest absolute Gasteiger partial charge is 0.494 e. The molecule has 1 N–H and O–H groups in total. The number of carbonyl (C=O) groups is 1. The Morgan fingerprint density at radius 1 is 1.18 bits per heavy atom. The van der Waals surface area contributed by atoms with Crippen molar-refractivity contribution in [2.75, 3.05) is 12.0 Å². The van der Waals surface area contributed by atoms with Crippen LogP contribution in [0.15, 0.2) is 34.9 Å². The molecule has 2 bridgehead atoms. The molecule has 2 aromatic heterocycles. The summed E-state index contributed by atoms with van der Waals surface area (Å²) in [5.74, 6) is -1.46. The standard InChI is InChI=1S/C29H27F2N3O5S/c1-37-22-9-15(28(35)36)10-23-26(22)32-29(40-23)34-16-7-8-17(34)12-18(11-16)38-13-20-25(33-39-27(20)14-5-6-14)19-3-2-4-21(30)24(19)31/h2-4,9-10,14,16-18H,5-8,11-13H2,1H3,(H,35,36)/t16-,17?,18?/m0/s1. The summed E-state index contributed by atoms with van der Waals surface area (Å²) in [5.41, 5.74) is 1.94. The number of carboxylic acid groups (broad SMARTS) is 1. The van der Waals surface area contributed by atoms with Gasteiger partial charge in [-0.1, -0.05) is 22.6 Å². The van der Waals surface area contributed by atoms with E-state index in [-0.39, 0.29) is 41.8 Å². The van der Waals surface area contributed by atoms with E-state index in [1.54, 1.807) is 6.07 Å². The van der Waals surface area contributed by atoms with Gasteiger partial charge in [-0.05, 0) is 62.8 Å². The summed E-state index contributed by atoms with van der Waals surface area (Å²) in [5, 5.41) is 14.5. The van der Waals surface area contributed by atoms with Crippen molar-refractivity contribution in [3.8, 4) is 17.0 Å². The molecule has 11 heteroatoms. The number of hydrogen-bond acceptors (Lipinski definition) is 8. The van der Waals surface area contributed by atoms with Gasteiger partial charge in [-0.3, -0.25) is 0 Å². The first-order valence-corrected chi connectivity index (χ1v) is 14.3. The normalized spacial score (nSPS) is 22.3. The molecule has 2 saturated heterocycles. The number of anilines is 1. The first kappa shape index (κ1) is 25.4. The molecule has 208 valence electrons. The third kappa shape index (κ3) is 4.32. The minimum Gasteiger partial charge on any atom is -0.494 e. The lowest BCUT2D eigenvalue weighted by atomic mass is 10.00. The first-order valence-electron chi connectivity index (χ1n) is 13.5. The monoisotopic (exact) mass is 567 g/mol. The van der Waals surface area contributed by atoms with Crippen LogP contribution >= 0.6 is 11.3 Å². The van der Waals surface area contributed by atoms with Gasteiger partial charge in [0.2, 0.25) is 0 Å². The average Bonchev–Trinajstić information content (AvgIpc) is 3.46. The Hall–Kier alpha value is -3.57. The number of rotatable bonds is 8. The van der Waals surface area contributed by atoms with E-state index in [0.29, 0.717) is 28.3 Å². The zero-order valence-corrected chi connectivity index (χ0v) is 22.5. The van der Waals surface area contributed by atoms with E-state index in [1.807, 2.05) is 0 Å². The lowest BCUT2D eigenvalue weighted by molar-refractivity contribution is 0.0147. The second kappa shape index (κ2) is 9.81. The lowest BCUT2D eigenvalue weighted by Crippen LogP contribution is -2.45. The number of thiazole rings is 1. The highest BCUT2D eigenvalue weighted by Crippen LogP contribution is 2.47. The summed E-state index contributed by atoms with van der Waals surface area (Å²) in [7, 11) is 1.52. The van der Waals surface area contributed by atoms with E-state index in [4.69, 9.17) is 19.0 Å². The summed E-state index contributed by atoms with van der Waals surface area (Å²) in [6.07, 6.45) is 5.59. The number of methoxy groups -OCH3 is 1. The van der Waals surface area contributed by atoms with Gasteiger partial charge in [0.15, 0.2) is 16.8 Å². The minimum absolute atomic E-state index is 0.0107. The van der Waals surface area contributed by atoms with Crippen LogP contribution in [-0.4, -0.2) is 46.5 Å². The predicted molar refractivity (Wildman–Crippen MR) is 144 cm³/mol. The molecule has 3 aliphatic rings. The second-order valence-corrected chi connectivity index (χ2v) is 11.8. The van der Waals surface area contributed by atoms with E-state index < -0.39 is 17.6 Å². The molecule has 0 amide bonds. The Bertz CT molecular complexity index is 1600. The zero-order valence-electron chi connectivity index (χ0n) is 21.7. The number of carboxylic acids is 1. The van der Waals surface area contributed by atoms with Crippen molar-refractivity contribution in [3.63, 3.8) is 0 Å². The molecule has 2 unspecified atom stereocenters. The molecule has 0 radical (unpaired) electrons. The molecule has 3 fully saturated rings. The van der Waals surface area contributed by atoms with Crippen LogP contribution in [0.1, 0.15) is 66.1 Å². The van der Waals surface area contributed by atoms with Crippen LogP contribution in [-0.2, 0) is 11.3 Å². The van der Waals surface area contributed by atoms with Gasteiger partial charge in [-0.2, -0.15) is 0 Å². The van der Waals surface area contributed by atoms with Crippen molar-refractivity contribution in [2.45, 2.75) is 69.2 Å². The number of fused-ring (bicyclic) bond motifs is 3. The molecular formula is C29H27F2N3O5S. The van der Waals surface area contributed by atoms with Crippen LogP contribution in [0.4, 0.5) is 13.9 Å². The highest BCUT2D eigenvalue weighted by Gasteiger charge is 2.43. The summed E-state index contributed by atoms with van der Waals surface area (Å²) in [6, 6.07) is 7.70. The maximum atomic E-state index is 14.6. The Kier molecular flexibility index (Phi) is 6.23. The number of halogens is 2. The van der Waals surface area contributed by atoms with Crippen molar-refractivity contribution in [3.05, 3.63) is 58.9 Å². The number of ether oxygens (including phenoxy) is 2. The highest BCUT2D eigenvalue weighted by atomic mass is 32.1. The molecule has 0 spiro atoms. The van der Waals surface area contributed by atoms with Crippen molar-refractivity contribution in [2.24, 2.45) is 0 Å². The van der Waals surface area contributed by atoms with Crippen LogP contribution in [0.25, 0.3) is 21.5 Å². The van der Waals surface area contributed by atoms with Crippen LogP contribution in [0, 0.1) is 11.6 Å². The summed E-state index contributed by atoms with van der Waals surface area (Å²) in [6.45, 7) is 0.223. The predicted octanol–water partition coefficient (Wildman–Crippen LogP) is 6.53. The average molecular weight is 568 g/mol. The Morgan fingerprint density at radius 2 is 1.95 bits per heavy atom. The Balaban J connectivity index is 1.11. The van der Waals surface area contributed by atoms with Gasteiger partial charge in [-0.25, -0.2) is 18.6 Å². The molecule has 40 heavy (non-hydrogen) atoms. The third-order valence-electron chi connectivity index (χ3n) is 8.26. The van der Waals surface area contributed by atoms with E-state index in [1.165, 1.54) is 36.6 Å². The SMILES string of the molecule is COc1cc(C(=O)O)cc2sc(N3C4CC[C@H]3CC(OCc3c(-c5cccc(F)c5F)noc3C3CC3)C4)nc12. The smallest absolute Gasteiger partial charge is 0.335 e. The molecule has 3 atom stereocenters. The van der Waals surface area contributed by atoms with Crippen molar-refractivity contribution in [1.29, 1.82) is 0 Å². The van der Waals surface area contributed by atoms with E-state index >= 15 is 0 Å². The fourth-order valence-corrected chi connectivity index (χ4v) is 7.35. The fraction of sp³-hybridized carbons (Fsp3) is 0.414. The third-order valence-corrected chi connectivity index (χ3v) is 9.28. The maximum absolute atomic E-state index is 14.6. The van der Waals surface area contributed by atoms with Gasteiger partial charge in [-0.15, -0.1) is 0 Å². The number of aromatic carboxylic acids is 1. The molecule has 7 rings (SSSR count). The van der Waals surface area contributed by atoms with Crippen LogP contribution in [0.2, 0.25) is 0 Å². The van der Waals surface area contributed by atoms with Gasteiger partial charge < -0.3 is 24.0 Å². The summed E-state index contributed by atoms with van der Waals surface area (Å²) >= 11 is 1.48. The topological polar surface area (TPSA) is 97.9 Å². The second-order valence-electron chi connectivity index (χ2n) is 10.8. The fourth-order valence-electron chi connectivity index (χ4n) is 6.18. The Morgan fingerprint density at radius 3 is 2.65 bits per heavy atom.